The molecule has 0 aliphatic carbocycles. The molecular weight excluding hydrogens is 591 g/mol. The lowest BCUT2D eigenvalue weighted by Crippen LogP contribution is -2.29. The number of hydrogen-bond acceptors (Lipinski definition) is 7. The van der Waals surface area contributed by atoms with E-state index in [2.05, 4.69) is 67.0 Å². The van der Waals surface area contributed by atoms with E-state index in [1.54, 1.807) is 0 Å². The molecule has 0 aromatic rings. The molecular formula is C36H63O8P. The molecule has 45 heavy (non-hydrogen) atoms. The third kappa shape index (κ3) is 31.8. The predicted molar refractivity (Wildman–Crippen MR) is 184 cm³/mol. The van der Waals surface area contributed by atoms with Crippen molar-refractivity contribution >= 4 is 19.8 Å². The molecule has 0 saturated carbocycles. The quantitative estimate of drug-likeness (QED) is 0.0340. The van der Waals surface area contributed by atoms with Crippen LogP contribution in [0.3, 0.4) is 0 Å². The van der Waals surface area contributed by atoms with Gasteiger partial charge in [0.1, 0.15) is 6.61 Å². The van der Waals surface area contributed by atoms with Crippen molar-refractivity contribution in [1.82, 2.24) is 0 Å². The largest absolute Gasteiger partial charge is 0.472 e. The standard InChI is InChI=1S/C36H63O8P/c1-4-6-8-10-12-14-16-17-18-19-21-23-25-27-29-31-36(38)44-34(33-43-45(39,40)41-3)32-42-35(37)30-28-26-24-22-20-15-13-11-9-7-5-2/h6,8,11-14,17-18,34H,4-5,7,9-10,15-16,19-33H2,1-3H3,(H,39,40)/b8-6-,13-11-,14-12-,18-17-. The molecule has 0 aliphatic rings. The summed E-state index contributed by atoms with van der Waals surface area (Å²) in [6.45, 7) is 3.68. The van der Waals surface area contributed by atoms with E-state index in [0.717, 1.165) is 103 Å². The van der Waals surface area contributed by atoms with Gasteiger partial charge in [0, 0.05) is 20.0 Å². The maximum Gasteiger partial charge on any atom is 0.472 e. The minimum Gasteiger partial charge on any atom is -0.462 e. The van der Waals surface area contributed by atoms with E-state index in [1.165, 1.54) is 12.8 Å². The second kappa shape index (κ2) is 32.0. The zero-order valence-electron chi connectivity index (χ0n) is 28.5. The van der Waals surface area contributed by atoms with Crippen molar-refractivity contribution in [1.29, 1.82) is 0 Å². The summed E-state index contributed by atoms with van der Waals surface area (Å²) in [6.07, 6.45) is 35.9. The van der Waals surface area contributed by atoms with Gasteiger partial charge in [-0.1, -0.05) is 114 Å². The van der Waals surface area contributed by atoms with Gasteiger partial charge in [0.25, 0.3) is 0 Å². The summed E-state index contributed by atoms with van der Waals surface area (Å²) in [4.78, 5) is 34.2. The Hall–Kier alpha value is -1.99. The van der Waals surface area contributed by atoms with Gasteiger partial charge in [0.15, 0.2) is 6.10 Å². The third-order valence-electron chi connectivity index (χ3n) is 7.06. The smallest absolute Gasteiger partial charge is 0.462 e. The summed E-state index contributed by atoms with van der Waals surface area (Å²) in [5, 5.41) is 0. The number of rotatable bonds is 31. The Kier molecular flexibility index (Phi) is 30.6. The fourth-order valence-corrected chi connectivity index (χ4v) is 4.82. The van der Waals surface area contributed by atoms with Gasteiger partial charge in [0.05, 0.1) is 6.61 Å². The van der Waals surface area contributed by atoms with Gasteiger partial charge >= 0.3 is 19.8 Å². The summed E-state index contributed by atoms with van der Waals surface area (Å²) >= 11 is 0. The Bertz CT molecular complexity index is 880. The van der Waals surface area contributed by atoms with Crippen molar-refractivity contribution in [2.24, 2.45) is 0 Å². The molecule has 0 fully saturated rings. The number of phosphoric acid groups is 1. The topological polar surface area (TPSA) is 108 Å². The number of allylic oxidation sites excluding steroid dienone is 8. The Balaban J connectivity index is 4.16. The highest BCUT2D eigenvalue weighted by Gasteiger charge is 2.24. The number of esters is 2. The number of phosphoric ester groups is 1. The molecule has 0 heterocycles. The zero-order chi connectivity index (χ0) is 33.3. The van der Waals surface area contributed by atoms with E-state index in [0.29, 0.717) is 6.42 Å². The van der Waals surface area contributed by atoms with Gasteiger partial charge in [-0.15, -0.1) is 0 Å². The van der Waals surface area contributed by atoms with E-state index in [4.69, 9.17) is 14.0 Å². The minimum absolute atomic E-state index is 0.222. The second-order valence-corrected chi connectivity index (χ2v) is 12.8. The molecule has 0 bridgehead atoms. The molecule has 0 rings (SSSR count). The molecule has 260 valence electrons. The molecule has 0 spiro atoms. The maximum atomic E-state index is 12.4. The van der Waals surface area contributed by atoms with Crippen LogP contribution in [0.1, 0.15) is 142 Å². The predicted octanol–water partition coefficient (Wildman–Crippen LogP) is 10.3. The van der Waals surface area contributed by atoms with E-state index < -0.39 is 26.5 Å². The highest BCUT2D eigenvalue weighted by atomic mass is 31.2. The van der Waals surface area contributed by atoms with E-state index in [-0.39, 0.29) is 25.4 Å². The van der Waals surface area contributed by atoms with Gasteiger partial charge in [0.2, 0.25) is 0 Å². The average Bonchev–Trinajstić information content (AvgIpc) is 3.03. The van der Waals surface area contributed by atoms with Crippen LogP contribution in [-0.4, -0.2) is 43.3 Å². The zero-order valence-corrected chi connectivity index (χ0v) is 29.4. The second-order valence-electron chi connectivity index (χ2n) is 11.3. The van der Waals surface area contributed by atoms with Crippen LogP contribution in [0.15, 0.2) is 48.6 Å². The third-order valence-corrected chi connectivity index (χ3v) is 7.99. The molecule has 0 aromatic carbocycles. The summed E-state index contributed by atoms with van der Waals surface area (Å²) in [6, 6.07) is 0. The molecule has 8 nitrogen and oxygen atoms in total. The van der Waals surface area contributed by atoms with Crippen LogP contribution in [0.25, 0.3) is 0 Å². The molecule has 0 saturated heterocycles. The lowest BCUT2D eigenvalue weighted by Gasteiger charge is -2.19. The fourth-order valence-electron chi connectivity index (χ4n) is 4.36. The first kappa shape index (κ1) is 43.0. The lowest BCUT2D eigenvalue weighted by molar-refractivity contribution is -0.161. The Morgan fingerprint density at radius 2 is 1.13 bits per heavy atom. The SMILES string of the molecule is CC/C=C\C/C=C\C/C=C\CCCCCCCC(=O)OC(COC(=O)CCCCCCC/C=C\CCCC)COP(=O)(O)OC. The van der Waals surface area contributed by atoms with Crippen molar-refractivity contribution in [2.45, 2.75) is 148 Å². The number of unbranched alkanes of at least 4 members (excludes halogenated alkanes) is 12. The van der Waals surface area contributed by atoms with Crippen LogP contribution >= 0.6 is 7.82 Å². The Labute approximate surface area is 274 Å². The van der Waals surface area contributed by atoms with Gasteiger partial charge in [-0.3, -0.25) is 18.6 Å². The van der Waals surface area contributed by atoms with Crippen molar-refractivity contribution in [3.05, 3.63) is 48.6 Å². The molecule has 2 unspecified atom stereocenters. The molecule has 1 N–H and O–H groups in total. The van der Waals surface area contributed by atoms with Crippen LogP contribution in [0.5, 0.6) is 0 Å². The van der Waals surface area contributed by atoms with E-state index in [1.807, 2.05) is 0 Å². The molecule has 0 aromatic heterocycles. The first-order valence-electron chi connectivity index (χ1n) is 17.3. The average molecular weight is 655 g/mol. The first-order valence-corrected chi connectivity index (χ1v) is 18.8. The van der Waals surface area contributed by atoms with Gasteiger partial charge in [-0.05, 0) is 64.2 Å². The molecule has 0 aliphatic heterocycles. The fraction of sp³-hybridized carbons (Fsp3) is 0.722. The highest BCUT2D eigenvalue weighted by molar-refractivity contribution is 7.47. The number of ether oxygens (including phenoxy) is 2. The number of carbonyl (C=O) groups is 2. The normalized spacial score (nSPS) is 14.1. The molecule has 2 atom stereocenters. The Morgan fingerprint density at radius 1 is 0.644 bits per heavy atom. The summed E-state index contributed by atoms with van der Waals surface area (Å²) in [7, 11) is -3.21. The van der Waals surface area contributed by atoms with E-state index in [9.17, 15) is 19.0 Å². The molecule has 9 heteroatoms. The van der Waals surface area contributed by atoms with Crippen LogP contribution in [0.2, 0.25) is 0 Å². The van der Waals surface area contributed by atoms with E-state index >= 15 is 0 Å². The Morgan fingerprint density at radius 3 is 1.71 bits per heavy atom. The monoisotopic (exact) mass is 654 g/mol. The van der Waals surface area contributed by atoms with Gasteiger partial charge in [-0.2, -0.15) is 0 Å². The highest BCUT2D eigenvalue weighted by Crippen LogP contribution is 2.42. The van der Waals surface area contributed by atoms with Crippen LogP contribution < -0.4 is 0 Å². The van der Waals surface area contributed by atoms with Crippen LogP contribution in [0, 0.1) is 0 Å². The minimum atomic E-state index is -4.26. The van der Waals surface area contributed by atoms with Crippen LogP contribution in [0.4, 0.5) is 0 Å². The summed E-state index contributed by atoms with van der Waals surface area (Å²) in [5.74, 6) is -0.841. The molecule has 0 radical (unpaired) electrons. The van der Waals surface area contributed by atoms with Crippen molar-refractivity contribution in [3.8, 4) is 0 Å². The van der Waals surface area contributed by atoms with Gasteiger partial charge in [-0.25, -0.2) is 4.57 Å². The van der Waals surface area contributed by atoms with Crippen molar-refractivity contribution < 1.29 is 37.6 Å². The van der Waals surface area contributed by atoms with Crippen molar-refractivity contribution in [3.63, 3.8) is 0 Å². The van der Waals surface area contributed by atoms with Crippen LogP contribution in [-0.2, 0) is 32.7 Å². The first-order chi connectivity index (χ1) is 21.8. The van der Waals surface area contributed by atoms with Gasteiger partial charge < -0.3 is 14.4 Å². The number of hydrogen-bond donors (Lipinski definition) is 1. The van der Waals surface area contributed by atoms with Crippen molar-refractivity contribution in [2.75, 3.05) is 20.3 Å². The maximum absolute atomic E-state index is 12.4. The lowest BCUT2D eigenvalue weighted by atomic mass is 10.1. The summed E-state index contributed by atoms with van der Waals surface area (Å²) < 4.78 is 31.7. The summed E-state index contributed by atoms with van der Waals surface area (Å²) in [5.41, 5.74) is 0. The molecule has 0 amide bonds. The number of carbonyl (C=O) groups excluding carboxylic acids is 2.